The zero-order chi connectivity index (χ0) is 19.6. The number of halogens is 5. The molecule has 0 saturated heterocycles. The minimum absolute atomic E-state index is 0.309. The van der Waals surface area contributed by atoms with Crippen LogP contribution in [0.25, 0.3) is 0 Å². The van der Waals surface area contributed by atoms with Crippen LogP contribution in [0, 0.1) is 35.3 Å². The molecule has 0 radical (unpaired) electrons. The molecular weight excluding hydrogens is 359 g/mol. The van der Waals surface area contributed by atoms with Crippen LogP contribution in [0.1, 0.15) is 75.8 Å². The van der Waals surface area contributed by atoms with Crippen molar-refractivity contribution < 1.29 is 22.0 Å². The largest absolute Gasteiger partial charge is 0.422 e. The van der Waals surface area contributed by atoms with Crippen LogP contribution in [0.15, 0.2) is 12.1 Å². The van der Waals surface area contributed by atoms with Gasteiger partial charge in [-0.1, -0.05) is 26.2 Å². The number of rotatable bonds is 4. The maximum atomic E-state index is 13.8. The highest BCUT2D eigenvalue weighted by molar-refractivity contribution is 5.28. The molecule has 0 amide bonds. The monoisotopic (exact) mass is 388 g/mol. The third-order valence-corrected chi connectivity index (χ3v) is 6.94. The Morgan fingerprint density at radius 3 is 1.63 bits per heavy atom. The van der Waals surface area contributed by atoms with E-state index in [-0.39, 0.29) is 0 Å². The summed E-state index contributed by atoms with van der Waals surface area (Å²) in [7, 11) is 0. The smallest absolute Gasteiger partial charge is 0.206 e. The van der Waals surface area contributed by atoms with E-state index in [2.05, 4.69) is 6.92 Å². The van der Waals surface area contributed by atoms with E-state index in [4.69, 9.17) is 0 Å². The van der Waals surface area contributed by atoms with Crippen molar-refractivity contribution in [1.82, 2.24) is 0 Å². The molecule has 0 unspecified atom stereocenters. The Hall–Kier alpha value is -1.13. The fourth-order valence-electron chi connectivity index (χ4n) is 5.28. The molecule has 0 spiro atoms. The summed E-state index contributed by atoms with van der Waals surface area (Å²) in [5, 5.41) is 0. The maximum Gasteiger partial charge on any atom is 0.422 e. The lowest BCUT2D eigenvalue weighted by molar-refractivity contribution is -0.142. The van der Waals surface area contributed by atoms with Gasteiger partial charge in [0.25, 0.3) is 0 Å². The Kier molecular flexibility index (Phi) is 6.47. The van der Waals surface area contributed by atoms with E-state index in [0.29, 0.717) is 17.9 Å². The molecule has 2 saturated carbocycles. The Labute approximate surface area is 158 Å². The van der Waals surface area contributed by atoms with Crippen molar-refractivity contribution in [2.45, 2.75) is 77.3 Å². The maximum absolute atomic E-state index is 13.8. The van der Waals surface area contributed by atoms with E-state index < -0.39 is 23.4 Å². The van der Waals surface area contributed by atoms with Gasteiger partial charge >= 0.3 is 6.18 Å². The van der Waals surface area contributed by atoms with E-state index >= 15 is 0 Å². The van der Waals surface area contributed by atoms with E-state index in [0.717, 1.165) is 55.6 Å². The molecule has 0 nitrogen and oxygen atoms in total. The molecular formula is C22H29F5. The van der Waals surface area contributed by atoms with Gasteiger partial charge in [-0.25, -0.2) is 8.78 Å². The van der Waals surface area contributed by atoms with Gasteiger partial charge in [0.1, 0.15) is 17.2 Å². The van der Waals surface area contributed by atoms with Crippen LogP contribution in [0.5, 0.6) is 0 Å². The fraction of sp³-hybridized carbons (Fsp3) is 0.727. The fourth-order valence-corrected chi connectivity index (χ4v) is 5.28. The van der Waals surface area contributed by atoms with Crippen LogP contribution in [0.2, 0.25) is 0 Å². The summed E-state index contributed by atoms with van der Waals surface area (Å²) < 4.78 is 65.6. The van der Waals surface area contributed by atoms with Crippen LogP contribution in [0.4, 0.5) is 22.0 Å². The summed E-state index contributed by atoms with van der Waals surface area (Å²) in [5.74, 6) is -0.238. The lowest BCUT2D eigenvalue weighted by Crippen LogP contribution is -2.26. The molecule has 27 heavy (non-hydrogen) atoms. The van der Waals surface area contributed by atoms with Crippen molar-refractivity contribution in [3.63, 3.8) is 0 Å². The predicted molar refractivity (Wildman–Crippen MR) is 96.3 cm³/mol. The van der Waals surface area contributed by atoms with Crippen molar-refractivity contribution in [2.75, 3.05) is 0 Å². The second-order valence-corrected chi connectivity index (χ2v) is 8.61. The highest BCUT2D eigenvalue weighted by Crippen LogP contribution is 2.43. The lowest BCUT2D eigenvalue weighted by atomic mass is 9.68. The highest BCUT2D eigenvalue weighted by atomic mass is 19.4. The van der Waals surface area contributed by atoms with E-state index in [1.165, 1.54) is 32.1 Å². The second-order valence-electron chi connectivity index (χ2n) is 8.61. The Morgan fingerprint density at radius 2 is 1.22 bits per heavy atom. The minimum atomic E-state index is -5.00. The van der Waals surface area contributed by atoms with E-state index in [9.17, 15) is 22.0 Å². The lowest BCUT2D eigenvalue weighted by Gasteiger charge is -2.37. The van der Waals surface area contributed by atoms with Crippen molar-refractivity contribution in [3.05, 3.63) is 34.9 Å². The topological polar surface area (TPSA) is 0 Å². The Bertz CT molecular complexity index is 597. The standard InChI is InChI=1S/C22H29F5/c1-2-14-3-7-17(8-4-14)18-9-5-15(6-10-18)11-16-12-19(23)21(20(24)13-16)22(25,26)27/h12-15,17-18H,2-11H2,1H3. The van der Waals surface area contributed by atoms with E-state index in [1.54, 1.807) is 0 Å². The first kappa shape index (κ1) is 20.6. The zero-order valence-corrected chi connectivity index (χ0v) is 15.9. The molecule has 0 aliphatic heterocycles. The van der Waals surface area contributed by atoms with Crippen LogP contribution in [0.3, 0.4) is 0 Å². The second kappa shape index (κ2) is 8.48. The average molecular weight is 388 g/mol. The van der Waals surface area contributed by atoms with Crippen molar-refractivity contribution in [1.29, 1.82) is 0 Å². The SMILES string of the molecule is CCC1CCC(C2CCC(Cc3cc(F)c(C(F)(F)F)c(F)c3)CC2)CC1. The van der Waals surface area contributed by atoms with Gasteiger partial charge in [0.2, 0.25) is 0 Å². The van der Waals surface area contributed by atoms with Gasteiger partial charge in [0, 0.05) is 0 Å². The molecule has 0 aromatic heterocycles. The van der Waals surface area contributed by atoms with Crippen molar-refractivity contribution >= 4 is 0 Å². The first-order chi connectivity index (χ1) is 12.8. The first-order valence-electron chi connectivity index (χ1n) is 10.3. The molecule has 1 aromatic rings. The number of alkyl halides is 3. The van der Waals surface area contributed by atoms with Gasteiger partial charge in [-0.3, -0.25) is 0 Å². The molecule has 0 bridgehead atoms. The van der Waals surface area contributed by atoms with E-state index in [1.807, 2.05) is 0 Å². The molecule has 0 atom stereocenters. The third-order valence-electron chi connectivity index (χ3n) is 6.94. The molecule has 0 N–H and O–H groups in total. The summed E-state index contributed by atoms with van der Waals surface area (Å²) in [6, 6.07) is 1.73. The van der Waals surface area contributed by atoms with Crippen LogP contribution >= 0.6 is 0 Å². The molecule has 3 rings (SSSR count). The first-order valence-corrected chi connectivity index (χ1v) is 10.3. The summed E-state index contributed by atoms with van der Waals surface area (Å²) in [5.41, 5.74) is -1.44. The van der Waals surface area contributed by atoms with Crippen LogP contribution in [-0.4, -0.2) is 0 Å². The highest BCUT2D eigenvalue weighted by Gasteiger charge is 2.38. The zero-order valence-electron chi connectivity index (χ0n) is 15.9. The Balaban J connectivity index is 1.54. The number of benzene rings is 1. The molecule has 152 valence electrons. The molecule has 2 aliphatic rings. The number of hydrogen-bond donors (Lipinski definition) is 0. The Morgan fingerprint density at radius 1 is 0.778 bits per heavy atom. The van der Waals surface area contributed by atoms with Gasteiger partial charge in [-0.2, -0.15) is 13.2 Å². The van der Waals surface area contributed by atoms with Gasteiger partial charge in [0.15, 0.2) is 0 Å². The predicted octanol–water partition coefficient (Wildman–Crippen LogP) is 7.55. The summed E-state index contributed by atoms with van der Waals surface area (Å²) in [6.45, 7) is 2.27. The van der Waals surface area contributed by atoms with Gasteiger partial charge in [-0.05, 0) is 86.3 Å². The van der Waals surface area contributed by atoms with Crippen molar-refractivity contribution in [3.8, 4) is 0 Å². The molecule has 2 fully saturated rings. The average Bonchev–Trinajstić information content (AvgIpc) is 2.60. The summed E-state index contributed by atoms with van der Waals surface area (Å²) in [4.78, 5) is 0. The van der Waals surface area contributed by atoms with Gasteiger partial charge < -0.3 is 0 Å². The van der Waals surface area contributed by atoms with Crippen LogP contribution < -0.4 is 0 Å². The van der Waals surface area contributed by atoms with Crippen LogP contribution in [-0.2, 0) is 12.6 Å². The molecule has 1 aromatic carbocycles. The summed E-state index contributed by atoms with van der Waals surface area (Å²) >= 11 is 0. The molecule has 0 heterocycles. The van der Waals surface area contributed by atoms with Gasteiger partial charge in [-0.15, -0.1) is 0 Å². The normalized spacial score (nSPS) is 29.7. The van der Waals surface area contributed by atoms with Crippen molar-refractivity contribution in [2.24, 2.45) is 23.7 Å². The quantitative estimate of drug-likeness (QED) is 0.467. The third kappa shape index (κ3) is 5.03. The minimum Gasteiger partial charge on any atom is -0.206 e. The molecule has 2 aliphatic carbocycles. The number of hydrogen-bond acceptors (Lipinski definition) is 0. The van der Waals surface area contributed by atoms with Gasteiger partial charge in [0.05, 0.1) is 0 Å². The molecule has 5 heteroatoms. The summed E-state index contributed by atoms with van der Waals surface area (Å²) in [6.07, 6.45) is 6.34.